The van der Waals surface area contributed by atoms with Gasteiger partial charge in [0.1, 0.15) is 0 Å². The Bertz CT molecular complexity index is 375. The van der Waals surface area contributed by atoms with Crippen LogP contribution in [0, 0.1) is 0 Å². The lowest BCUT2D eigenvalue weighted by Crippen LogP contribution is -2.47. The lowest BCUT2D eigenvalue weighted by atomic mass is 10.0. The van der Waals surface area contributed by atoms with E-state index in [1.54, 1.807) is 0 Å². The summed E-state index contributed by atoms with van der Waals surface area (Å²) in [4.78, 5) is 23.5. The Hall–Kier alpha value is -1.60. The van der Waals surface area contributed by atoms with E-state index in [0.717, 1.165) is 6.08 Å². The number of carboxylic acid groups (broad SMARTS) is 1. The Morgan fingerprint density at radius 3 is 2.17 bits per heavy atom. The molecule has 0 aromatic heterocycles. The summed E-state index contributed by atoms with van der Waals surface area (Å²) in [7, 11) is 0. The third-order valence-electron chi connectivity index (χ3n) is 3.13. The molecular formula is C11H15NO6. The number of carbonyl (C=O) groups is 2. The third-order valence-corrected chi connectivity index (χ3v) is 3.13. The molecule has 0 aliphatic carbocycles. The van der Waals surface area contributed by atoms with Crippen molar-refractivity contribution in [2.75, 3.05) is 26.3 Å². The summed E-state index contributed by atoms with van der Waals surface area (Å²) in [6.07, 6.45) is 1.83. The van der Waals surface area contributed by atoms with Gasteiger partial charge in [-0.3, -0.25) is 4.79 Å². The third kappa shape index (κ3) is 2.62. The Kier molecular flexibility index (Phi) is 3.53. The van der Waals surface area contributed by atoms with E-state index in [-0.39, 0.29) is 0 Å². The van der Waals surface area contributed by atoms with E-state index in [4.69, 9.17) is 19.7 Å². The average molecular weight is 257 g/mol. The molecule has 2 N–H and O–H groups in total. The molecule has 0 radical (unpaired) electrons. The number of hydrogen-bond donors (Lipinski definition) is 2. The lowest BCUT2D eigenvalue weighted by Gasteiger charge is -2.37. The summed E-state index contributed by atoms with van der Waals surface area (Å²) >= 11 is 0. The molecule has 2 aliphatic heterocycles. The highest BCUT2D eigenvalue weighted by atomic mass is 16.7. The molecule has 1 spiro atoms. The molecule has 18 heavy (non-hydrogen) atoms. The van der Waals surface area contributed by atoms with Crippen LogP contribution >= 0.6 is 0 Å². The van der Waals surface area contributed by atoms with Crippen LogP contribution in [0.15, 0.2) is 11.8 Å². The van der Waals surface area contributed by atoms with Crippen LogP contribution in [-0.2, 0) is 19.1 Å². The summed E-state index contributed by atoms with van der Waals surface area (Å²) < 4.78 is 11.0. The van der Waals surface area contributed by atoms with Crippen molar-refractivity contribution < 1.29 is 29.3 Å². The highest BCUT2D eigenvalue weighted by Gasteiger charge is 2.40. The van der Waals surface area contributed by atoms with Crippen LogP contribution in [0.2, 0.25) is 0 Å². The predicted molar refractivity (Wildman–Crippen MR) is 58.8 cm³/mol. The molecule has 0 atom stereocenters. The Morgan fingerprint density at radius 1 is 1.11 bits per heavy atom. The first-order valence-electron chi connectivity index (χ1n) is 5.73. The van der Waals surface area contributed by atoms with E-state index in [0.29, 0.717) is 39.1 Å². The minimum Gasteiger partial charge on any atom is -0.502 e. The second kappa shape index (κ2) is 4.95. The van der Waals surface area contributed by atoms with Crippen LogP contribution < -0.4 is 0 Å². The molecule has 7 nitrogen and oxygen atoms in total. The number of amides is 1. The van der Waals surface area contributed by atoms with E-state index in [1.165, 1.54) is 4.90 Å². The molecule has 2 fully saturated rings. The molecule has 100 valence electrons. The monoisotopic (exact) mass is 257 g/mol. The van der Waals surface area contributed by atoms with Crippen molar-refractivity contribution in [1.82, 2.24) is 4.90 Å². The first-order chi connectivity index (χ1) is 8.52. The van der Waals surface area contributed by atoms with E-state index >= 15 is 0 Å². The van der Waals surface area contributed by atoms with Crippen LogP contribution in [0.25, 0.3) is 0 Å². The number of likely N-dealkylation sites (tertiary alicyclic amines) is 1. The van der Waals surface area contributed by atoms with Crippen molar-refractivity contribution >= 4 is 11.9 Å². The summed E-state index contributed by atoms with van der Waals surface area (Å²) in [6.45, 7) is 1.96. The Labute approximate surface area is 104 Å². The maximum atomic E-state index is 11.7. The quantitative estimate of drug-likeness (QED) is 0.529. The maximum absolute atomic E-state index is 11.7. The number of piperidine rings is 1. The molecule has 0 aromatic carbocycles. The zero-order valence-corrected chi connectivity index (χ0v) is 9.79. The van der Waals surface area contributed by atoms with Gasteiger partial charge in [-0.1, -0.05) is 0 Å². The van der Waals surface area contributed by atoms with Crippen LogP contribution in [0.4, 0.5) is 0 Å². The summed E-state index contributed by atoms with van der Waals surface area (Å²) in [5, 5.41) is 17.5. The van der Waals surface area contributed by atoms with Gasteiger partial charge in [0.05, 0.1) is 19.3 Å². The number of rotatable bonds is 2. The molecule has 0 unspecified atom stereocenters. The fraction of sp³-hybridized carbons (Fsp3) is 0.636. The molecule has 0 bridgehead atoms. The Morgan fingerprint density at radius 2 is 1.67 bits per heavy atom. The van der Waals surface area contributed by atoms with Gasteiger partial charge in [0.25, 0.3) is 5.91 Å². The van der Waals surface area contributed by atoms with Crippen molar-refractivity contribution in [3.63, 3.8) is 0 Å². The van der Waals surface area contributed by atoms with Crippen molar-refractivity contribution in [1.29, 1.82) is 0 Å². The molecule has 2 aliphatic rings. The first kappa shape index (κ1) is 12.8. The van der Waals surface area contributed by atoms with E-state index in [2.05, 4.69) is 0 Å². The number of ether oxygens (including phenoxy) is 2. The fourth-order valence-electron chi connectivity index (χ4n) is 2.12. The van der Waals surface area contributed by atoms with E-state index in [9.17, 15) is 9.59 Å². The van der Waals surface area contributed by atoms with Crippen molar-refractivity contribution in [3.05, 3.63) is 11.8 Å². The van der Waals surface area contributed by atoms with Crippen LogP contribution in [0.5, 0.6) is 0 Å². The van der Waals surface area contributed by atoms with Gasteiger partial charge in [-0.05, 0) is 0 Å². The summed E-state index contributed by atoms with van der Waals surface area (Å²) in [6, 6.07) is 0. The highest BCUT2D eigenvalue weighted by Crippen LogP contribution is 2.31. The smallest absolute Gasteiger partial charge is 0.371 e. The lowest BCUT2D eigenvalue weighted by molar-refractivity contribution is -0.186. The number of carbonyl (C=O) groups excluding carboxylic acids is 1. The second-order valence-corrected chi connectivity index (χ2v) is 4.27. The van der Waals surface area contributed by atoms with Crippen LogP contribution in [-0.4, -0.2) is 59.1 Å². The molecule has 0 aromatic rings. The van der Waals surface area contributed by atoms with Gasteiger partial charge in [0.2, 0.25) is 5.76 Å². The van der Waals surface area contributed by atoms with Gasteiger partial charge in [0.15, 0.2) is 5.79 Å². The zero-order valence-electron chi connectivity index (χ0n) is 9.79. The maximum Gasteiger partial charge on any atom is 0.371 e. The molecule has 2 heterocycles. The molecule has 0 saturated carbocycles. The minimum atomic E-state index is -1.51. The van der Waals surface area contributed by atoms with Gasteiger partial charge in [-0.15, -0.1) is 0 Å². The van der Waals surface area contributed by atoms with Gasteiger partial charge >= 0.3 is 5.97 Å². The van der Waals surface area contributed by atoms with Gasteiger partial charge in [-0.2, -0.15) is 0 Å². The number of carboxylic acids is 1. The van der Waals surface area contributed by atoms with Gasteiger partial charge in [0, 0.05) is 25.9 Å². The number of aliphatic carboxylic acids is 1. The molecule has 2 rings (SSSR count). The molecule has 1 amide bonds. The number of nitrogens with zero attached hydrogens (tertiary/aromatic N) is 1. The second-order valence-electron chi connectivity index (χ2n) is 4.27. The minimum absolute atomic E-state index is 0.419. The topological polar surface area (TPSA) is 96.3 Å². The van der Waals surface area contributed by atoms with Gasteiger partial charge in [-0.25, -0.2) is 4.79 Å². The number of hydrogen-bond acceptors (Lipinski definition) is 5. The average Bonchev–Trinajstić information content (AvgIpc) is 2.78. The van der Waals surface area contributed by atoms with Crippen molar-refractivity contribution in [3.8, 4) is 0 Å². The van der Waals surface area contributed by atoms with E-state index in [1.807, 2.05) is 0 Å². The summed E-state index contributed by atoms with van der Waals surface area (Å²) in [5.74, 6) is -3.55. The Balaban J connectivity index is 1.91. The normalized spacial score (nSPS) is 23.3. The zero-order chi connectivity index (χ0) is 13.2. The fourth-order valence-corrected chi connectivity index (χ4v) is 2.12. The molecule has 7 heteroatoms. The van der Waals surface area contributed by atoms with E-state index < -0.39 is 23.4 Å². The largest absolute Gasteiger partial charge is 0.502 e. The van der Waals surface area contributed by atoms with Gasteiger partial charge < -0.3 is 24.6 Å². The molecule has 2 saturated heterocycles. The SMILES string of the molecule is O=C(O)C(O)=CC(=O)N1CCC2(CC1)OCCO2. The van der Waals surface area contributed by atoms with Crippen LogP contribution in [0.1, 0.15) is 12.8 Å². The van der Waals surface area contributed by atoms with Crippen molar-refractivity contribution in [2.24, 2.45) is 0 Å². The van der Waals surface area contributed by atoms with Crippen molar-refractivity contribution in [2.45, 2.75) is 18.6 Å². The summed E-state index contributed by atoms with van der Waals surface area (Å²) in [5.41, 5.74) is 0. The standard InChI is InChI=1S/C11H15NO6/c13-8(10(15)16)7-9(14)12-3-1-11(2-4-12)17-5-6-18-11/h7,13H,1-6H2,(H,15,16). The highest BCUT2D eigenvalue weighted by molar-refractivity contribution is 5.96. The number of aliphatic hydroxyl groups excluding tert-OH is 1. The first-order valence-corrected chi connectivity index (χ1v) is 5.73. The number of aliphatic hydroxyl groups is 1. The van der Waals surface area contributed by atoms with Crippen LogP contribution in [0.3, 0.4) is 0 Å². The predicted octanol–water partition coefficient (Wildman–Crippen LogP) is -0.122. The molecular weight excluding hydrogens is 242 g/mol.